The Morgan fingerprint density at radius 3 is 2.74 bits per heavy atom. The molecule has 0 fully saturated rings. The first-order valence-corrected chi connectivity index (χ1v) is 6.14. The zero-order chi connectivity index (χ0) is 13.8. The number of anilines is 1. The first kappa shape index (κ1) is 13.2. The third-order valence-electron chi connectivity index (χ3n) is 2.59. The van der Waals surface area contributed by atoms with E-state index in [4.69, 9.17) is 18.0 Å². The van der Waals surface area contributed by atoms with Crippen LogP contribution in [0.5, 0.6) is 0 Å². The number of nitrogens with zero attached hydrogens (tertiary/aromatic N) is 2. The number of aryl methyl sites for hydroxylation is 1. The molecule has 0 bridgehead atoms. The first-order chi connectivity index (χ1) is 9.06. The molecule has 6 heteroatoms. The van der Waals surface area contributed by atoms with E-state index in [0.29, 0.717) is 5.82 Å². The zero-order valence-electron chi connectivity index (χ0n) is 10.5. The lowest BCUT2D eigenvalue weighted by Crippen LogP contribution is -2.23. The van der Waals surface area contributed by atoms with Crippen LogP contribution in [0.2, 0.25) is 0 Å². The average Bonchev–Trinajstić information content (AvgIpc) is 2.80. The van der Waals surface area contributed by atoms with E-state index < -0.39 is 0 Å². The predicted octanol–water partition coefficient (Wildman–Crippen LogP) is 1.46. The third kappa shape index (κ3) is 3.38. The molecule has 0 unspecified atom stereocenters. The second-order valence-electron chi connectivity index (χ2n) is 4.16. The Labute approximate surface area is 116 Å². The molecule has 0 aliphatic carbocycles. The van der Waals surface area contributed by atoms with Crippen molar-refractivity contribution in [1.82, 2.24) is 9.55 Å². The molecule has 0 aliphatic heterocycles. The molecule has 0 atom stereocenters. The Hall–Kier alpha value is -2.21. The molecule has 2 rings (SSSR count). The largest absolute Gasteiger partial charge is 0.387 e. The summed E-state index contributed by atoms with van der Waals surface area (Å²) in [5.41, 5.74) is 7.42. The topological polar surface area (TPSA) is 72.9 Å². The molecule has 1 heterocycles. The summed E-state index contributed by atoms with van der Waals surface area (Å²) in [7, 11) is 0. The maximum atomic E-state index is 11.9. The molecule has 0 radical (unpaired) electrons. The van der Waals surface area contributed by atoms with Crippen molar-refractivity contribution in [2.45, 2.75) is 13.5 Å². The molecule has 0 saturated carbocycles. The quantitative estimate of drug-likeness (QED) is 0.828. The van der Waals surface area contributed by atoms with Crippen molar-refractivity contribution in [2.24, 2.45) is 5.73 Å². The lowest BCUT2D eigenvalue weighted by atomic mass is 10.2. The number of imidazole rings is 1. The molecule has 1 amide bonds. The van der Waals surface area contributed by atoms with E-state index in [-0.39, 0.29) is 17.4 Å². The number of thiocarbonyl (C=S) groups is 1. The Morgan fingerprint density at radius 1 is 1.42 bits per heavy atom. The molecule has 0 spiro atoms. The van der Waals surface area contributed by atoms with Gasteiger partial charge in [-0.3, -0.25) is 4.79 Å². The van der Waals surface area contributed by atoms with E-state index in [9.17, 15) is 4.79 Å². The van der Waals surface area contributed by atoms with Gasteiger partial charge < -0.3 is 15.6 Å². The van der Waals surface area contributed by atoms with E-state index in [1.165, 1.54) is 0 Å². The summed E-state index contributed by atoms with van der Waals surface area (Å²) in [4.78, 5) is 16.1. The van der Waals surface area contributed by atoms with Gasteiger partial charge in [0.15, 0.2) is 5.82 Å². The van der Waals surface area contributed by atoms with E-state index in [2.05, 4.69) is 10.3 Å². The highest BCUT2D eigenvalue weighted by Gasteiger charge is 2.09. The number of nitrogens with two attached hydrogens (primary N) is 1. The SMILES string of the molecule is Cc1ccc(NC(=O)Cn2ccnc2C(N)=S)cc1. The van der Waals surface area contributed by atoms with Gasteiger partial charge in [-0.25, -0.2) is 4.98 Å². The normalized spacial score (nSPS) is 10.2. The van der Waals surface area contributed by atoms with E-state index in [1.807, 2.05) is 31.2 Å². The molecule has 0 aliphatic rings. The number of benzene rings is 1. The van der Waals surface area contributed by atoms with Crippen molar-refractivity contribution >= 4 is 28.8 Å². The summed E-state index contributed by atoms with van der Waals surface area (Å²) in [6.07, 6.45) is 3.23. The van der Waals surface area contributed by atoms with Crippen molar-refractivity contribution in [2.75, 3.05) is 5.32 Å². The van der Waals surface area contributed by atoms with Crippen LogP contribution in [0, 0.1) is 6.92 Å². The monoisotopic (exact) mass is 274 g/mol. The fourth-order valence-electron chi connectivity index (χ4n) is 1.65. The second-order valence-corrected chi connectivity index (χ2v) is 4.60. The van der Waals surface area contributed by atoms with Crippen LogP contribution in [0.25, 0.3) is 0 Å². The smallest absolute Gasteiger partial charge is 0.244 e. The molecule has 1 aromatic heterocycles. The number of amides is 1. The first-order valence-electron chi connectivity index (χ1n) is 5.74. The summed E-state index contributed by atoms with van der Waals surface area (Å²) >= 11 is 4.86. The molecule has 2 aromatic rings. The van der Waals surface area contributed by atoms with Crippen LogP contribution in [-0.2, 0) is 11.3 Å². The Bertz CT molecular complexity index is 603. The van der Waals surface area contributed by atoms with Gasteiger partial charge in [0.05, 0.1) is 0 Å². The Kier molecular flexibility index (Phi) is 3.91. The van der Waals surface area contributed by atoms with Crippen LogP contribution in [0.4, 0.5) is 5.69 Å². The van der Waals surface area contributed by atoms with Gasteiger partial charge in [0.2, 0.25) is 5.91 Å². The second kappa shape index (κ2) is 5.62. The summed E-state index contributed by atoms with van der Waals surface area (Å²) < 4.78 is 1.62. The van der Waals surface area contributed by atoms with Gasteiger partial charge >= 0.3 is 0 Å². The molecule has 19 heavy (non-hydrogen) atoms. The third-order valence-corrected chi connectivity index (χ3v) is 2.77. The number of rotatable bonds is 4. The number of carbonyl (C=O) groups is 1. The highest BCUT2D eigenvalue weighted by Crippen LogP contribution is 2.09. The summed E-state index contributed by atoms with van der Waals surface area (Å²) in [5.74, 6) is 0.286. The lowest BCUT2D eigenvalue weighted by Gasteiger charge is -2.08. The minimum absolute atomic E-state index is 0.126. The van der Waals surface area contributed by atoms with Crippen LogP contribution in [-0.4, -0.2) is 20.4 Å². The summed E-state index contributed by atoms with van der Waals surface area (Å²) in [6.45, 7) is 2.12. The van der Waals surface area contributed by atoms with Gasteiger partial charge in [-0.2, -0.15) is 0 Å². The summed E-state index contributed by atoms with van der Waals surface area (Å²) in [5, 5.41) is 2.80. The Morgan fingerprint density at radius 2 is 2.11 bits per heavy atom. The van der Waals surface area contributed by atoms with Crippen molar-refractivity contribution in [3.8, 4) is 0 Å². The number of aromatic nitrogens is 2. The number of hydrogen-bond donors (Lipinski definition) is 2. The van der Waals surface area contributed by atoms with Gasteiger partial charge in [-0.15, -0.1) is 0 Å². The highest BCUT2D eigenvalue weighted by molar-refractivity contribution is 7.80. The van der Waals surface area contributed by atoms with Crippen LogP contribution < -0.4 is 11.1 Å². The average molecular weight is 274 g/mol. The Balaban J connectivity index is 2.03. The van der Waals surface area contributed by atoms with Gasteiger partial charge in [0, 0.05) is 18.1 Å². The standard InChI is InChI=1S/C13H14N4OS/c1-9-2-4-10(5-3-9)16-11(18)8-17-7-6-15-13(17)12(14)19/h2-7H,8H2,1H3,(H2,14,19)(H,16,18). The van der Waals surface area contributed by atoms with Crippen LogP contribution in [0.1, 0.15) is 11.4 Å². The fourth-order valence-corrected chi connectivity index (χ4v) is 1.82. The molecule has 98 valence electrons. The lowest BCUT2D eigenvalue weighted by molar-refractivity contribution is -0.116. The maximum Gasteiger partial charge on any atom is 0.244 e. The van der Waals surface area contributed by atoms with E-state index >= 15 is 0 Å². The molecular formula is C13H14N4OS. The minimum Gasteiger partial charge on any atom is -0.387 e. The van der Waals surface area contributed by atoms with Gasteiger partial charge in [0.1, 0.15) is 11.5 Å². The van der Waals surface area contributed by atoms with Gasteiger partial charge in [-0.1, -0.05) is 29.9 Å². The molecule has 5 nitrogen and oxygen atoms in total. The minimum atomic E-state index is -0.153. The van der Waals surface area contributed by atoms with Crippen molar-refractivity contribution < 1.29 is 4.79 Å². The summed E-state index contributed by atoms with van der Waals surface area (Å²) in [6, 6.07) is 7.59. The van der Waals surface area contributed by atoms with Crippen LogP contribution >= 0.6 is 12.2 Å². The maximum absolute atomic E-state index is 11.9. The van der Waals surface area contributed by atoms with E-state index in [0.717, 1.165) is 11.3 Å². The van der Waals surface area contributed by atoms with Crippen LogP contribution in [0.15, 0.2) is 36.7 Å². The fraction of sp³-hybridized carbons (Fsp3) is 0.154. The molecule has 0 saturated heterocycles. The van der Waals surface area contributed by atoms with E-state index in [1.54, 1.807) is 17.0 Å². The van der Waals surface area contributed by atoms with Crippen molar-refractivity contribution in [3.63, 3.8) is 0 Å². The molecule has 3 N–H and O–H groups in total. The number of nitrogens with one attached hydrogen (secondary N) is 1. The number of carbonyl (C=O) groups excluding carboxylic acids is 1. The molecule has 1 aromatic carbocycles. The van der Waals surface area contributed by atoms with Gasteiger partial charge in [0.25, 0.3) is 0 Å². The van der Waals surface area contributed by atoms with Crippen LogP contribution in [0.3, 0.4) is 0 Å². The van der Waals surface area contributed by atoms with Crippen molar-refractivity contribution in [1.29, 1.82) is 0 Å². The zero-order valence-corrected chi connectivity index (χ0v) is 11.3. The van der Waals surface area contributed by atoms with Gasteiger partial charge in [-0.05, 0) is 19.1 Å². The highest BCUT2D eigenvalue weighted by atomic mass is 32.1. The van der Waals surface area contributed by atoms with Crippen molar-refractivity contribution in [3.05, 3.63) is 48.0 Å². The predicted molar refractivity (Wildman–Crippen MR) is 77.9 cm³/mol. The molecular weight excluding hydrogens is 260 g/mol. The number of hydrogen-bond acceptors (Lipinski definition) is 3.